The molecule has 0 aromatic heterocycles. The van der Waals surface area contributed by atoms with Crippen LogP contribution in [0.4, 0.5) is 0 Å². The molecule has 3 N–H and O–H groups in total. The monoisotopic (exact) mass is 280 g/mol. The lowest BCUT2D eigenvalue weighted by Crippen LogP contribution is -2.20. The Morgan fingerprint density at radius 1 is 1.29 bits per heavy atom. The molecule has 0 aliphatic carbocycles. The van der Waals surface area contributed by atoms with Crippen molar-refractivity contribution >= 4 is 5.91 Å². The summed E-state index contributed by atoms with van der Waals surface area (Å²) >= 11 is 0. The largest absolute Gasteiger partial charge is 0.366 e. The lowest BCUT2D eigenvalue weighted by molar-refractivity contribution is 0.1000. The third kappa shape index (κ3) is 2.57. The average molecular weight is 280 g/mol. The van der Waals surface area contributed by atoms with Gasteiger partial charge in [0.25, 0.3) is 0 Å². The second kappa shape index (κ2) is 5.70. The minimum absolute atomic E-state index is 0.300. The first-order chi connectivity index (χ1) is 10.2. The molecule has 0 radical (unpaired) electrons. The van der Waals surface area contributed by atoms with E-state index in [0.717, 1.165) is 13.0 Å². The van der Waals surface area contributed by atoms with Crippen molar-refractivity contribution in [3.8, 4) is 0 Å². The molecule has 1 heterocycles. The first kappa shape index (κ1) is 13.8. The Bertz CT molecular complexity index is 652. The van der Waals surface area contributed by atoms with Crippen molar-refractivity contribution in [2.24, 2.45) is 5.73 Å². The van der Waals surface area contributed by atoms with Crippen molar-refractivity contribution in [1.82, 2.24) is 5.32 Å². The van der Waals surface area contributed by atoms with Gasteiger partial charge in [-0.25, -0.2) is 0 Å². The molecule has 21 heavy (non-hydrogen) atoms. The first-order valence-electron chi connectivity index (χ1n) is 7.41. The van der Waals surface area contributed by atoms with Crippen LogP contribution in [0.3, 0.4) is 0 Å². The number of hydrogen-bond donors (Lipinski definition) is 2. The molecule has 3 nitrogen and oxygen atoms in total. The van der Waals surface area contributed by atoms with Crippen LogP contribution < -0.4 is 11.1 Å². The molecule has 2 aromatic carbocycles. The quantitative estimate of drug-likeness (QED) is 0.904. The summed E-state index contributed by atoms with van der Waals surface area (Å²) in [6.07, 6.45) is 1.07. The van der Waals surface area contributed by atoms with Crippen molar-refractivity contribution in [1.29, 1.82) is 0 Å². The van der Waals surface area contributed by atoms with E-state index in [-0.39, 0.29) is 5.91 Å². The molecule has 1 amide bonds. The molecule has 0 spiro atoms. The predicted octanol–water partition coefficient (Wildman–Crippen LogP) is 3.12. The van der Waals surface area contributed by atoms with Crippen LogP contribution in [0, 0.1) is 0 Å². The van der Waals surface area contributed by atoms with Gasteiger partial charge in [-0.1, -0.05) is 43.3 Å². The number of nitrogens with two attached hydrogens (primary N) is 1. The highest BCUT2D eigenvalue weighted by Crippen LogP contribution is 2.38. The lowest BCUT2D eigenvalue weighted by Gasteiger charge is -2.24. The van der Waals surface area contributed by atoms with Crippen LogP contribution in [0.5, 0.6) is 0 Å². The Morgan fingerprint density at radius 3 is 2.71 bits per heavy atom. The van der Waals surface area contributed by atoms with E-state index in [4.69, 9.17) is 5.73 Å². The fraction of sp³-hybridized carbons (Fsp3) is 0.278. The third-order valence-corrected chi connectivity index (χ3v) is 4.34. The fourth-order valence-corrected chi connectivity index (χ4v) is 3.27. The topological polar surface area (TPSA) is 55.1 Å². The number of fused-ring (bicyclic) bond motifs is 1. The second-order valence-electron chi connectivity index (χ2n) is 5.56. The first-order valence-corrected chi connectivity index (χ1v) is 7.41. The van der Waals surface area contributed by atoms with Gasteiger partial charge < -0.3 is 11.1 Å². The van der Waals surface area contributed by atoms with Crippen molar-refractivity contribution < 1.29 is 4.79 Å². The third-order valence-electron chi connectivity index (χ3n) is 4.34. The molecule has 0 fully saturated rings. The van der Waals surface area contributed by atoms with Gasteiger partial charge in [-0.3, -0.25) is 4.79 Å². The zero-order valence-electron chi connectivity index (χ0n) is 12.2. The number of rotatable bonds is 4. The molecule has 1 aliphatic heterocycles. The zero-order valence-corrected chi connectivity index (χ0v) is 12.2. The summed E-state index contributed by atoms with van der Waals surface area (Å²) < 4.78 is 0. The van der Waals surface area contributed by atoms with E-state index in [0.29, 0.717) is 17.5 Å². The van der Waals surface area contributed by atoms with E-state index in [1.165, 1.54) is 16.7 Å². The van der Waals surface area contributed by atoms with Gasteiger partial charge in [-0.05, 0) is 35.2 Å². The summed E-state index contributed by atoms with van der Waals surface area (Å²) in [6, 6.07) is 16.7. The van der Waals surface area contributed by atoms with Crippen molar-refractivity contribution in [2.75, 3.05) is 0 Å². The minimum atomic E-state index is -0.364. The molecule has 108 valence electrons. The number of primary amides is 1. The molecule has 0 saturated heterocycles. The number of amides is 1. The summed E-state index contributed by atoms with van der Waals surface area (Å²) in [5, 5.41) is 3.59. The summed E-state index contributed by atoms with van der Waals surface area (Å²) in [5.74, 6) is 0.0724. The smallest absolute Gasteiger partial charge is 0.248 e. The Kier molecular flexibility index (Phi) is 3.76. The predicted molar refractivity (Wildman–Crippen MR) is 84.0 cm³/mol. The standard InChI is InChI=1S/C18H20N2O/c1-2-15(12-6-4-3-5-7-12)17-16-9-8-13(18(19)21)10-14(16)11-20-17/h3-10,15,17,20H,2,11H2,1H3,(H2,19,21)/t15-,17?/m1/s1. The summed E-state index contributed by atoms with van der Waals surface area (Å²) in [5.41, 5.74) is 9.77. The van der Waals surface area contributed by atoms with Crippen LogP contribution in [0.1, 0.15) is 52.4 Å². The molecule has 0 bridgehead atoms. The normalized spacial score (nSPS) is 18.2. The van der Waals surface area contributed by atoms with E-state index in [2.05, 4.69) is 36.5 Å². The molecule has 1 unspecified atom stereocenters. The van der Waals surface area contributed by atoms with Crippen molar-refractivity contribution in [2.45, 2.75) is 31.8 Å². The molecule has 0 saturated carbocycles. The van der Waals surface area contributed by atoms with Gasteiger partial charge in [-0.2, -0.15) is 0 Å². The highest BCUT2D eigenvalue weighted by Gasteiger charge is 2.29. The highest BCUT2D eigenvalue weighted by atomic mass is 16.1. The Hall–Kier alpha value is -2.13. The van der Waals surface area contributed by atoms with Crippen LogP contribution in [-0.2, 0) is 6.54 Å². The van der Waals surface area contributed by atoms with E-state index >= 15 is 0 Å². The van der Waals surface area contributed by atoms with Crippen LogP contribution >= 0.6 is 0 Å². The van der Waals surface area contributed by atoms with E-state index in [1.807, 2.05) is 24.3 Å². The maximum Gasteiger partial charge on any atom is 0.248 e. The molecular formula is C18H20N2O. The highest BCUT2D eigenvalue weighted by molar-refractivity contribution is 5.93. The van der Waals surface area contributed by atoms with Crippen LogP contribution in [0.15, 0.2) is 48.5 Å². The fourth-order valence-electron chi connectivity index (χ4n) is 3.27. The van der Waals surface area contributed by atoms with Crippen molar-refractivity contribution in [3.05, 3.63) is 70.8 Å². The van der Waals surface area contributed by atoms with Gasteiger partial charge in [0.05, 0.1) is 0 Å². The average Bonchev–Trinajstić information content (AvgIpc) is 2.92. The van der Waals surface area contributed by atoms with E-state index < -0.39 is 0 Å². The number of carbonyl (C=O) groups is 1. The minimum Gasteiger partial charge on any atom is -0.366 e. The zero-order chi connectivity index (χ0) is 14.8. The van der Waals surface area contributed by atoms with Gasteiger partial charge in [0, 0.05) is 24.1 Å². The van der Waals surface area contributed by atoms with E-state index in [1.54, 1.807) is 0 Å². The van der Waals surface area contributed by atoms with Crippen LogP contribution in [-0.4, -0.2) is 5.91 Å². The molecule has 1 aliphatic rings. The van der Waals surface area contributed by atoms with Gasteiger partial charge >= 0.3 is 0 Å². The summed E-state index contributed by atoms with van der Waals surface area (Å²) in [4.78, 5) is 11.3. The van der Waals surface area contributed by atoms with Gasteiger partial charge in [0.1, 0.15) is 0 Å². The van der Waals surface area contributed by atoms with E-state index in [9.17, 15) is 4.79 Å². The molecular weight excluding hydrogens is 260 g/mol. The summed E-state index contributed by atoms with van der Waals surface area (Å²) in [6.45, 7) is 3.01. The number of carbonyl (C=O) groups excluding carboxylic acids is 1. The van der Waals surface area contributed by atoms with Crippen LogP contribution in [0.25, 0.3) is 0 Å². The number of benzene rings is 2. The molecule has 2 aromatic rings. The SMILES string of the molecule is CC[C@H](c1ccccc1)C1NCc2cc(C(N)=O)ccc21. The number of hydrogen-bond acceptors (Lipinski definition) is 2. The van der Waals surface area contributed by atoms with Crippen molar-refractivity contribution in [3.63, 3.8) is 0 Å². The molecule has 3 rings (SSSR count). The van der Waals surface area contributed by atoms with Gasteiger partial charge in [-0.15, -0.1) is 0 Å². The van der Waals surface area contributed by atoms with Gasteiger partial charge in [0.15, 0.2) is 0 Å². The van der Waals surface area contributed by atoms with Crippen LogP contribution in [0.2, 0.25) is 0 Å². The Balaban J connectivity index is 1.94. The maximum absolute atomic E-state index is 11.3. The Labute approximate surface area is 125 Å². The summed E-state index contributed by atoms with van der Waals surface area (Å²) in [7, 11) is 0. The maximum atomic E-state index is 11.3. The molecule has 3 heteroatoms. The lowest BCUT2D eigenvalue weighted by atomic mass is 9.85. The second-order valence-corrected chi connectivity index (χ2v) is 5.56. The molecule has 2 atom stereocenters. The van der Waals surface area contributed by atoms with Gasteiger partial charge in [0.2, 0.25) is 5.91 Å². The number of nitrogens with one attached hydrogen (secondary N) is 1. The Morgan fingerprint density at radius 2 is 2.05 bits per heavy atom.